The lowest BCUT2D eigenvalue weighted by atomic mass is 9.92. The summed E-state index contributed by atoms with van der Waals surface area (Å²) in [4.78, 5) is 38.2. The highest BCUT2D eigenvalue weighted by Crippen LogP contribution is 2.46. The van der Waals surface area contributed by atoms with Crippen LogP contribution in [0.2, 0.25) is 0 Å². The molecule has 1 saturated heterocycles. The van der Waals surface area contributed by atoms with Crippen LogP contribution in [-0.2, 0) is 19.1 Å². The molecule has 0 N–H and O–H groups in total. The number of carbonyl (C=O) groups excluding carboxylic acids is 3. The molecule has 2 fully saturated rings. The van der Waals surface area contributed by atoms with Gasteiger partial charge < -0.3 is 9.47 Å². The molecule has 1 heterocycles. The number of amides is 2. The number of carbonyl (C=O) groups is 3. The van der Waals surface area contributed by atoms with Crippen molar-refractivity contribution in [3.05, 3.63) is 12.2 Å². The largest absolute Gasteiger partial charge is 0.464 e. The van der Waals surface area contributed by atoms with Gasteiger partial charge in [-0.15, -0.1) is 0 Å². The van der Waals surface area contributed by atoms with Crippen LogP contribution in [0.1, 0.15) is 40.5 Å². The molecular weight excluding hydrogens is 286 g/mol. The summed E-state index contributed by atoms with van der Waals surface area (Å²) in [7, 11) is 0. The number of esters is 1. The van der Waals surface area contributed by atoms with Gasteiger partial charge in [0.25, 0.3) is 0 Å². The lowest BCUT2D eigenvalue weighted by molar-refractivity contribution is -0.152. The molecule has 0 spiro atoms. The molecule has 122 valence electrons. The van der Waals surface area contributed by atoms with Gasteiger partial charge in [0.05, 0.1) is 12.5 Å². The summed E-state index contributed by atoms with van der Waals surface area (Å²) in [6.07, 6.45) is 0.551. The van der Waals surface area contributed by atoms with E-state index in [1.807, 2.05) is 0 Å². The minimum atomic E-state index is -0.911. The molecule has 1 saturated carbocycles. The Kier molecular flexibility index (Phi) is 4.31. The van der Waals surface area contributed by atoms with E-state index in [1.54, 1.807) is 27.7 Å². The quantitative estimate of drug-likeness (QED) is 0.578. The zero-order valence-electron chi connectivity index (χ0n) is 13.5. The van der Waals surface area contributed by atoms with E-state index >= 15 is 0 Å². The molecule has 6 nitrogen and oxygen atoms in total. The number of hydrogen-bond donors (Lipinski definition) is 0. The highest BCUT2D eigenvalue weighted by Gasteiger charge is 2.58. The van der Waals surface area contributed by atoms with Crippen molar-refractivity contribution in [3.63, 3.8) is 0 Å². The molecule has 0 bridgehead atoms. The molecule has 0 aromatic carbocycles. The third-order valence-electron chi connectivity index (χ3n) is 3.97. The Morgan fingerprint density at radius 1 is 1.36 bits per heavy atom. The van der Waals surface area contributed by atoms with Gasteiger partial charge in [0.2, 0.25) is 5.91 Å². The molecule has 2 rings (SSSR count). The number of imide groups is 1. The van der Waals surface area contributed by atoms with Gasteiger partial charge in [-0.2, -0.15) is 0 Å². The van der Waals surface area contributed by atoms with Gasteiger partial charge in [-0.3, -0.25) is 4.79 Å². The van der Waals surface area contributed by atoms with Crippen LogP contribution >= 0.6 is 0 Å². The van der Waals surface area contributed by atoms with Crippen molar-refractivity contribution in [2.45, 2.75) is 52.2 Å². The van der Waals surface area contributed by atoms with Crippen molar-refractivity contribution in [1.29, 1.82) is 0 Å². The highest BCUT2D eigenvalue weighted by molar-refractivity contribution is 6.02. The fourth-order valence-corrected chi connectivity index (χ4v) is 3.18. The molecule has 1 aliphatic carbocycles. The van der Waals surface area contributed by atoms with Crippen molar-refractivity contribution in [3.8, 4) is 0 Å². The SMILES string of the molecule is C=C1CC[C@H]2[C@@H]1C(=O)N(C(=O)OC(C)(C)C)[C@@H]2C(=O)OCC. The molecule has 0 aromatic heterocycles. The van der Waals surface area contributed by atoms with Crippen molar-refractivity contribution in [2.24, 2.45) is 11.8 Å². The first-order valence-corrected chi connectivity index (χ1v) is 7.57. The Balaban J connectivity index is 2.32. The second-order valence-corrected chi connectivity index (χ2v) is 6.72. The summed E-state index contributed by atoms with van der Waals surface area (Å²) in [6.45, 7) is 10.9. The minimum absolute atomic E-state index is 0.198. The van der Waals surface area contributed by atoms with Crippen LogP contribution < -0.4 is 0 Å². The molecular formula is C16H23NO5. The molecule has 0 aromatic rings. The van der Waals surface area contributed by atoms with Gasteiger partial charge in [-0.1, -0.05) is 12.2 Å². The van der Waals surface area contributed by atoms with Crippen LogP contribution in [-0.4, -0.2) is 41.1 Å². The third-order valence-corrected chi connectivity index (χ3v) is 3.97. The summed E-state index contributed by atoms with van der Waals surface area (Å²) in [5.41, 5.74) is 0.0287. The number of hydrogen-bond acceptors (Lipinski definition) is 5. The number of ether oxygens (including phenoxy) is 2. The topological polar surface area (TPSA) is 72.9 Å². The highest BCUT2D eigenvalue weighted by atomic mass is 16.6. The molecule has 6 heteroatoms. The van der Waals surface area contributed by atoms with E-state index in [0.717, 1.165) is 10.5 Å². The molecule has 2 aliphatic rings. The fourth-order valence-electron chi connectivity index (χ4n) is 3.18. The van der Waals surface area contributed by atoms with E-state index < -0.39 is 35.5 Å². The van der Waals surface area contributed by atoms with Crippen LogP contribution in [0.4, 0.5) is 4.79 Å². The second-order valence-electron chi connectivity index (χ2n) is 6.72. The Bertz CT molecular complexity index is 519. The zero-order chi connectivity index (χ0) is 16.7. The average molecular weight is 309 g/mol. The Hall–Kier alpha value is -1.85. The van der Waals surface area contributed by atoms with Crippen molar-refractivity contribution in [2.75, 3.05) is 6.61 Å². The van der Waals surface area contributed by atoms with Gasteiger partial charge >= 0.3 is 12.1 Å². The van der Waals surface area contributed by atoms with Crippen LogP contribution in [0.3, 0.4) is 0 Å². The Labute approximate surface area is 130 Å². The van der Waals surface area contributed by atoms with Crippen LogP contribution in [0, 0.1) is 11.8 Å². The Morgan fingerprint density at radius 3 is 2.55 bits per heavy atom. The first-order valence-electron chi connectivity index (χ1n) is 7.57. The second kappa shape index (κ2) is 5.74. The summed E-state index contributed by atoms with van der Waals surface area (Å²) in [6, 6.07) is -0.911. The normalized spacial score (nSPS) is 27.8. The van der Waals surface area contributed by atoms with E-state index in [-0.39, 0.29) is 12.5 Å². The Morgan fingerprint density at radius 2 is 2.00 bits per heavy atom. The summed E-state index contributed by atoms with van der Waals surface area (Å²) in [5.74, 6) is -1.70. The van der Waals surface area contributed by atoms with Gasteiger partial charge in [-0.05, 0) is 40.5 Å². The average Bonchev–Trinajstić information content (AvgIpc) is 2.87. The van der Waals surface area contributed by atoms with Crippen molar-refractivity contribution >= 4 is 18.0 Å². The molecule has 22 heavy (non-hydrogen) atoms. The first kappa shape index (κ1) is 16.5. The van der Waals surface area contributed by atoms with Gasteiger partial charge in [0.15, 0.2) is 0 Å². The lowest BCUT2D eigenvalue weighted by Crippen LogP contribution is -2.48. The van der Waals surface area contributed by atoms with Gasteiger partial charge in [0.1, 0.15) is 11.6 Å². The van der Waals surface area contributed by atoms with Crippen molar-refractivity contribution < 1.29 is 23.9 Å². The standard InChI is InChI=1S/C16H23NO5/c1-6-21-14(19)12-10-8-7-9(2)11(10)13(18)17(12)15(20)22-16(3,4)5/h10-12H,2,6-8H2,1,3-5H3/t10-,11+,12-/m0/s1. The maximum atomic E-state index is 12.6. The third kappa shape index (κ3) is 2.87. The molecule has 0 radical (unpaired) electrons. The number of likely N-dealkylation sites (tertiary alicyclic amines) is 1. The molecule has 1 aliphatic heterocycles. The molecule has 0 unspecified atom stereocenters. The molecule has 3 atom stereocenters. The van der Waals surface area contributed by atoms with E-state index in [2.05, 4.69) is 6.58 Å². The van der Waals surface area contributed by atoms with Gasteiger partial charge in [0, 0.05) is 5.92 Å². The summed E-state index contributed by atoms with van der Waals surface area (Å²) >= 11 is 0. The molecule has 2 amide bonds. The van der Waals surface area contributed by atoms with E-state index in [4.69, 9.17) is 9.47 Å². The summed E-state index contributed by atoms with van der Waals surface area (Å²) in [5, 5.41) is 0. The predicted molar refractivity (Wildman–Crippen MR) is 78.9 cm³/mol. The number of fused-ring (bicyclic) bond motifs is 1. The monoisotopic (exact) mass is 309 g/mol. The van der Waals surface area contributed by atoms with Crippen LogP contribution in [0.25, 0.3) is 0 Å². The maximum Gasteiger partial charge on any atom is 0.417 e. The zero-order valence-corrected chi connectivity index (χ0v) is 13.5. The number of rotatable bonds is 2. The van der Waals surface area contributed by atoms with Crippen LogP contribution in [0.5, 0.6) is 0 Å². The van der Waals surface area contributed by atoms with Crippen molar-refractivity contribution in [1.82, 2.24) is 4.90 Å². The van der Waals surface area contributed by atoms with Crippen LogP contribution in [0.15, 0.2) is 12.2 Å². The maximum absolute atomic E-state index is 12.6. The predicted octanol–water partition coefficient (Wildman–Crippen LogP) is 2.28. The minimum Gasteiger partial charge on any atom is -0.464 e. The van der Waals surface area contributed by atoms with Gasteiger partial charge in [-0.25, -0.2) is 14.5 Å². The first-order chi connectivity index (χ1) is 10.2. The fraction of sp³-hybridized carbons (Fsp3) is 0.688. The number of nitrogens with zero attached hydrogens (tertiary/aromatic N) is 1. The summed E-state index contributed by atoms with van der Waals surface area (Å²) < 4.78 is 10.3. The van der Waals surface area contributed by atoms with E-state index in [0.29, 0.717) is 12.8 Å². The van der Waals surface area contributed by atoms with E-state index in [1.165, 1.54) is 0 Å². The smallest absolute Gasteiger partial charge is 0.417 e. The lowest BCUT2D eigenvalue weighted by Gasteiger charge is -2.27. The van der Waals surface area contributed by atoms with E-state index in [9.17, 15) is 14.4 Å².